The number of methoxy groups -OCH3 is 1. The maximum Gasteiger partial charge on any atom is 0.236 e. The van der Waals surface area contributed by atoms with Gasteiger partial charge in [-0.25, -0.2) is 0 Å². The molecule has 7 heteroatoms. The Bertz CT molecular complexity index is 252. The number of hydrogen-bond donors (Lipinski definition) is 3. The van der Waals surface area contributed by atoms with Crippen LogP contribution in [0.2, 0.25) is 0 Å². The van der Waals surface area contributed by atoms with Crippen LogP contribution in [0.3, 0.4) is 0 Å². The molecule has 0 bridgehead atoms. The number of hydrogen-bond acceptors (Lipinski definition) is 5. The fourth-order valence-corrected chi connectivity index (χ4v) is 1.68. The van der Waals surface area contributed by atoms with E-state index in [9.17, 15) is 9.59 Å². The predicted molar refractivity (Wildman–Crippen MR) is 73.5 cm³/mol. The smallest absolute Gasteiger partial charge is 0.236 e. The van der Waals surface area contributed by atoms with Crippen LogP contribution in [-0.2, 0) is 14.3 Å². The van der Waals surface area contributed by atoms with E-state index in [1.165, 1.54) is 0 Å². The van der Waals surface area contributed by atoms with E-state index in [1.807, 2.05) is 6.26 Å². The van der Waals surface area contributed by atoms with Crippen LogP contribution >= 0.6 is 11.8 Å². The average Bonchev–Trinajstić information content (AvgIpc) is 2.36. The summed E-state index contributed by atoms with van der Waals surface area (Å²) < 4.78 is 4.80. The van der Waals surface area contributed by atoms with Gasteiger partial charge in [-0.05, 0) is 18.4 Å². The number of amides is 2. The molecule has 0 aliphatic heterocycles. The standard InChI is InChI=1S/C11H23N3O3S/c1-17-7-6-13-10(15)3-5-14-11(16)9(12)4-8-18-2/h9H,3-8,12H2,1-2H3,(H,13,15)(H,14,16)/t9-/m0/s1. The average molecular weight is 277 g/mol. The van der Waals surface area contributed by atoms with Crippen molar-refractivity contribution in [3.63, 3.8) is 0 Å². The molecular formula is C11H23N3O3S. The monoisotopic (exact) mass is 277 g/mol. The number of rotatable bonds is 10. The minimum absolute atomic E-state index is 0.106. The summed E-state index contributed by atoms with van der Waals surface area (Å²) in [6.45, 7) is 1.28. The Labute approximate surface area is 112 Å². The molecular weight excluding hydrogens is 254 g/mol. The minimum atomic E-state index is -0.492. The summed E-state index contributed by atoms with van der Waals surface area (Å²) in [4.78, 5) is 22.8. The van der Waals surface area contributed by atoms with E-state index in [-0.39, 0.29) is 18.2 Å². The molecule has 0 aromatic carbocycles. The van der Waals surface area contributed by atoms with E-state index >= 15 is 0 Å². The maximum absolute atomic E-state index is 11.5. The molecule has 0 heterocycles. The normalized spacial score (nSPS) is 11.9. The molecule has 0 spiro atoms. The molecule has 0 unspecified atom stereocenters. The van der Waals surface area contributed by atoms with Gasteiger partial charge in [0.05, 0.1) is 12.6 Å². The molecule has 0 aromatic heterocycles. The van der Waals surface area contributed by atoms with E-state index in [0.29, 0.717) is 26.1 Å². The molecule has 0 radical (unpaired) electrons. The van der Waals surface area contributed by atoms with Crippen molar-refractivity contribution in [3.8, 4) is 0 Å². The number of nitrogens with two attached hydrogens (primary N) is 1. The highest BCUT2D eigenvalue weighted by Gasteiger charge is 2.12. The Balaban J connectivity index is 3.57. The fourth-order valence-electron chi connectivity index (χ4n) is 1.19. The highest BCUT2D eigenvalue weighted by Crippen LogP contribution is 1.98. The van der Waals surface area contributed by atoms with Gasteiger partial charge in [0.15, 0.2) is 0 Å². The summed E-state index contributed by atoms with van der Waals surface area (Å²) in [6.07, 6.45) is 2.87. The molecule has 2 amide bonds. The summed E-state index contributed by atoms with van der Waals surface area (Å²) in [5.74, 6) is 0.547. The SMILES string of the molecule is COCCNC(=O)CCNC(=O)[C@@H](N)CCSC. The van der Waals surface area contributed by atoms with Crippen LogP contribution in [0.15, 0.2) is 0 Å². The Morgan fingerprint density at radius 1 is 1.33 bits per heavy atom. The second kappa shape index (κ2) is 11.3. The predicted octanol–water partition coefficient (Wildman–Crippen LogP) is -0.664. The zero-order valence-corrected chi connectivity index (χ0v) is 11.8. The van der Waals surface area contributed by atoms with E-state index in [1.54, 1.807) is 18.9 Å². The van der Waals surface area contributed by atoms with Gasteiger partial charge in [0.1, 0.15) is 0 Å². The molecule has 18 heavy (non-hydrogen) atoms. The molecule has 0 aromatic rings. The van der Waals surface area contributed by atoms with Gasteiger partial charge in [-0.3, -0.25) is 9.59 Å². The largest absolute Gasteiger partial charge is 0.383 e. The molecule has 6 nitrogen and oxygen atoms in total. The first kappa shape index (κ1) is 17.2. The topological polar surface area (TPSA) is 93.5 Å². The third-order valence-electron chi connectivity index (χ3n) is 2.25. The van der Waals surface area contributed by atoms with Crippen LogP contribution in [-0.4, -0.2) is 56.7 Å². The Kier molecular flexibility index (Phi) is 10.8. The van der Waals surface area contributed by atoms with Crippen molar-refractivity contribution in [2.75, 3.05) is 38.8 Å². The molecule has 0 rings (SSSR count). The first-order valence-corrected chi connectivity index (χ1v) is 7.29. The molecule has 0 saturated carbocycles. The van der Waals surface area contributed by atoms with Crippen LogP contribution in [0.5, 0.6) is 0 Å². The number of thioether (sulfide) groups is 1. The second-order valence-electron chi connectivity index (χ2n) is 3.77. The van der Waals surface area contributed by atoms with E-state index < -0.39 is 6.04 Å². The summed E-state index contributed by atoms with van der Waals surface area (Å²) in [6, 6.07) is -0.492. The number of carbonyl (C=O) groups is 2. The zero-order valence-electron chi connectivity index (χ0n) is 11.0. The molecule has 0 fully saturated rings. The van der Waals surface area contributed by atoms with Crippen molar-refractivity contribution in [2.45, 2.75) is 18.9 Å². The first-order valence-electron chi connectivity index (χ1n) is 5.89. The maximum atomic E-state index is 11.5. The fraction of sp³-hybridized carbons (Fsp3) is 0.818. The van der Waals surface area contributed by atoms with Gasteiger partial charge in [-0.1, -0.05) is 0 Å². The molecule has 1 atom stereocenters. The quantitative estimate of drug-likeness (QED) is 0.461. The number of carbonyl (C=O) groups excluding carboxylic acids is 2. The minimum Gasteiger partial charge on any atom is -0.383 e. The molecule has 0 aliphatic rings. The van der Waals surface area contributed by atoms with E-state index in [4.69, 9.17) is 10.5 Å². The van der Waals surface area contributed by atoms with Crippen molar-refractivity contribution in [3.05, 3.63) is 0 Å². The van der Waals surface area contributed by atoms with E-state index in [2.05, 4.69) is 10.6 Å². The Morgan fingerprint density at radius 3 is 2.67 bits per heavy atom. The Morgan fingerprint density at radius 2 is 2.06 bits per heavy atom. The highest BCUT2D eigenvalue weighted by atomic mass is 32.2. The summed E-state index contributed by atoms with van der Waals surface area (Å²) in [7, 11) is 1.57. The Hall–Kier alpha value is -0.790. The van der Waals surface area contributed by atoms with Gasteiger partial charge in [0.25, 0.3) is 0 Å². The molecule has 106 valence electrons. The van der Waals surface area contributed by atoms with Crippen LogP contribution < -0.4 is 16.4 Å². The third kappa shape index (κ3) is 9.26. The van der Waals surface area contributed by atoms with Crippen molar-refractivity contribution < 1.29 is 14.3 Å². The van der Waals surface area contributed by atoms with Gasteiger partial charge >= 0.3 is 0 Å². The third-order valence-corrected chi connectivity index (χ3v) is 2.89. The summed E-state index contributed by atoms with van der Waals surface area (Å²) in [5, 5.41) is 5.32. The number of nitrogens with one attached hydrogen (secondary N) is 2. The van der Waals surface area contributed by atoms with Crippen LogP contribution in [0.1, 0.15) is 12.8 Å². The van der Waals surface area contributed by atoms with E-state index in [0.717, 1.165) is 5.75 Å². The first-order chi connectivity index (χ1) is 8.61. The van der Waals surface area contributed by atoms with Gasteiger partial charge in [-0.15, -0.1) is 0 Å². The van der Waals surface area contributed by atoms with Crippen LogP contribution in [0.25, 0.3) is 0 Å². The lowest BCUT2D eigenvalue weighted by molar-refractivity contribution is -0.123. The van der Waals surface area contributed by atoms with Gasteiger partial charge in [0, 0.05) is 26.6 Å². The zero-order chi connectivity index (χ0) is 13.8. The van der Waals surface area contributed by atoms with Crippen LogP contribution in [0, 0.1) is 0 Å². The van der Waals surface area contributed by atoms with Gasteiger partial charge in [-0.2, -0.15) is 11.8 Å². The lowest BCUT2D eigenvalue weighted by atomic mass is 10.2. The van der Waals surface area contributed by atoms with Crippen molar-refractivity contribution >= 4 is 23.6 Å². The summed E-state index contributed by atoms with van der Waals surface area (Å²) in [5.41, 5.74) is 5.68. The second-order valence-corrected chi connectivity index (χ2v) is 4.76. The van der Waals surface area contributed by atoms with Gasteiger partial charge < -0.3 is 21.1 Å². The lowest BCUT2D eigenvalue weighted by Gasteiger charge is -2.11. The van der Waals surface area contributed by atoms with Crippen molar-refractivity contribution in [1.29, 1.82) is 0 Å². The number of ether oxygens (including phenoxy) is 1. The highest BCUT2D eigenvalue weighted by molar-refractivity contribution is 7.98. The van der Waals surface area contributed by atoms with Crippen LogP contribution in [0.4, 0.5) is 0 Å². The van der Waals surface area contributed by atoms with Crippen molar-refractivity contribution in [2.24, 2.45) is 5.73 Å². The lowest BCUT2D eigenvalue weighted by Crippen LogP contribution is -2.42. The summed E-state index contributed by atoms with van der Waals surface area (Å²) >= 11 is 1.65. The molecule has 4 N–H and O–H groups in total. The molecule has 0 saturated heterocycles. The van der Waals surface area contributed by atoms with Gasteiger partial charge in [0.2, 0.25) is 11.8 Å². The molecule has 0 aliphatic carbocycles. The van der Waals surface area contributed by atoms with Crippen molar-refractivity contribution in [1.82, 2.24) is 10.6 Å².